The molecule has 1 aromatic carbocycles. The lowest BCUT2D eigenvalue weighted by atomic mass is 10.0. The molecule has 17 heteroatoms. The first-order valence-electron chi connectivity index (χ1n) is 12.9. The van der Waals surface area contributed by atoms with E-state index in [0.29, 0.717) is 17.1 Å². The summed E-state index contributed by atoms with van der Waals surface area (Å²) >= 11 is 3.74. The number of aromatic nitrogens is 2. The molecule has 3 aromatic rings. The largest absolute Gasteiger partial charge is 0.543 e. The first-order valence-corrected chi connectivity index (χ1v) is 15.8. The molecule has 5 N–H and O–H groups in total. The lowest BCUT2D eigenvalue weighted by Gasteiger charge is -2.50. The topological polar surface area (TPSA) is 203 Å². The van der Waals surface area contributed by atoms with Crippen molar-refractivity contribution in [2.75, 3.05) is 29.7 Å². The Bertz CT molecular complexity index is 1650. The van der Waals surface area contributed by atoms with Crippen molar-refractivity contribution >= 4 is 69.5 Å². The number of carbonyl (C=O) groups is 4. The zero-order valence-corrected chi connectivity index (χ0v) is 25.4. The van der Waals surface area contributed by atoms with Gasteiger partial charge in [0.05, 0.1) is 18.7 Å². The van der Waals surface area contributed by atoms with E-state index in [-0.39, 0.29) is 22.1 Å². The first kappa shape index (κ1) is 30.8. The molecule has 5 rings (SSSR count). The van der Waals surface area contributed by atoms with Crippen molar-refractivity contribution in [1.29, 1.82) is 0 Å². The number of hydrogen-bond donors (Lipinski definition) is 4. The molecule has 0 bridgehead atoms. The fraction of sp³-hybridized carbons (Fsp3) is 0.222. The Hall–Kier alpha value is -4.61. The van der Waals surface area contributed by atoms with Gasteiger partial charge in [-0.25, -0.2) is 9.78 Å². The maximum absolute atomic E-state index is 13.4. The number of fused-ring (bicyclic) bond motifs is 1. The third-order valence-corrected chi connectivity index (χ3v) is 9.66. The molecule has 1 unspecified atom stereocenters. The number of nitrogens with zero attached hydrogens (tertiary/aromatic N) is 4. The molecule has 1 saturated heterocycles. The monoisotopic (exact) mass is 655 g/mol. The fourth-order valence-corrected chi connectivity index (χ4v) is 7.32. The summed E-state index contributed by atoms with van der Waals surface area (Å²) in [5.74, 6) is -3.74. The van der Waals surface area contributed by atoms with Crippen LogP contribution < -0.4 is 26.3 Å². The summed E-state index contributed by atoms with van der Waals surface area (Å²) < 4.78 is 1.75. The zero-order chi connectivity index (χ0) is 31.4. The number of thioether (sulfide) groups is 2. The predicted octanol–water partition coefficient (Wildman–Crippen LogP) is -0.0711. The summed E-state index contributed by atoms with van der Waals surface area (Å²) in [5.41, 5.74) is 8.90. The normalized spacial score (nSPS) is 18.6. The molecule has 0 aliphatic carbocycles. The minimum atomic E-state index is -1.53. The molecule has 3 atom stereocenters. The zero-order valence-electron chi connectivity index (χ0n) is 22.9. The number of thiazole rings is 1. The van der Waals surface area contributed by atoms with Crippen molar-refractivity contribution < 1.29 is 38.9 Å². The van der Waals surface area contributed by atoms with Gasteiger partial charge >= 0.3 is 5.97 Å². The number of amides is 2. The molecule has 4 heterocycles. The number of anilines is 1. The van der Waals surface area contributed by atoms with E-state index in [4.69, 9.17) is 10.6 Å². The molecule has 228 valence electrons. The number of aliphatic carboxylic acids is 2. The van der Waals surface area contributed by atoms with Crippen LogP contribution in [0.4, 0.5) is 5.13 Å². The number of carboxylic acid groups (broad SMARTS) is 2. The van der Waals surface area contributed by atoms with E-state index in [2.05, 4.69) is 20.9 Å². The van der Waals surface area contributed by atoms with E-state index in [9.17, 15) is 29.4 Å². The van der Waals surface area contributed by atoms with Crippen molar-refractivity contribution in [3.05, 3.63) is 82.8 Å². The standard InChI is InChI=1S/C27H25N7O7S3/c1-29-33-9-7-16(8-10-33)42-11-15-12-43-24-19(23(36)34(24)20(15)25(37)38)31-22(35)18(17-13-44-27(28)30-17)32-41-21(26(39)40)14-5-3-2-4-6-14/h2-10,13,19,21,24,29H,11-12H2,1H3,(H4-,28,30,31,35,37,38,39,40)/b32-18-/t19-,21?,24-/m1/s1. The second-order valence-corrected chi connectivity index (χ2v) is 12.3. The molecule has 2 aliphatic heterocycles. The number of carbonyl (C=O) groups excluding carboxylic acids is 3. The maximum atomic E-state index is 13.4. The highest BCUT2D eigenvalue weighted by Gasteiger charge is 2.53. The van der Waals surface area contributed by atoms with Gasteiger partial charge in [0, 0.05) is 39.5 Å². The van der Waals surface area contributed by atoms with Crippen LogP contribution in [0.3, 0.4) is 0 Å². The van der Waals surface area contributed by atoms with Crippen molar-refractivity contribution in [2.45, 2.75) is 22.4 Å². The Morgan fingerprint density at radius 2 is 2.00 bits per heavy atom. The number of benzene rings is 1. The van der Waals surface area contributed by atoms with Gasteiger partial charge in [0.15, 0.2) is 10.8 Å². The van der Waals surface area contributed by atoms with Gasteiger partial charge < -0.3 is 30.9 Å². The smallest absolute Gasteiger partial charge is 0.352 e. The quantitative estimate of drug-likeness (QED) is 0.0666. The predicted molar refractivity (Wildman–Crippen MR) is 161 cm³/mol. The maximum Gasteiger partial charge on any atom is 0.352 e. The summed E-state index contributed by atoms with van der Waals surface area (Å²) in [6.07, 6.45) is 2.11. The van der Waals surface area contributed by atoms with E-state index >= 15 is 0 Å². The Balaban J connectivity index is 1.32. The summed E-state index contributed by atoms with van der Waals surface area (Å²) in [6, 6.07) is 10.7. The second-order valence-electron chi connectivity index (χ2n) is 9.30. The number of nitrogens with one attached hydrogen (secondary N) is 2. The highest BCUT2D eigenvalue weighted by molar-refractivity contribution is 8.01. The first-order chi connectivity index (χ1) is 21.2. The Morgan fingerprint density at radius 3 is 2.61 bits per heavy atom. The van der Waals surface area contributed by atoms with Crippen LogP contribution in [0.5, 0.6) is 0 Å². The average Bonchev–Trinajstić information content (AvgIpc) is 3.46. The third kappa shape index (κ3) is 6.48. The van der Waals surface area contributed by atoms with E-state index in [1.165, 1.54) is 41.0 Å². The van der Waals surface area contributed by atoms with Gasteiger partial charge in [0.1, 0.15) is 17.1 Å². The number of nitrogens with two attached hydrogens (primary N) is 1. The van der Waals surface area contributed by atoms with Crippen LogP contribution in [-0.4, -0.2) is 74.4 Å². The molecular weight excluding hydrogens is 631 g/mol. The van der Waals surface area contributed by atoms with Crippen LogP contribution in [0.25, 0.3) is 0 Å². The lowest BCUT2D eigenvalue weighted by Crippen LogP contribution is -2.71. The van der Waals surface area contributed by atoms with Crippen LogP contribution in [0.1, 0.15) is 17.4 Å². The number of β-lactam (4-membered cyclic amide) rings is 1. The third-order valence-electron chi connectivity index (χ3n) is 6.55. The molecule has 1 fully saturated rings. The highest BCUT2D eigenvalue weighted by Crippen LogP contribution is 2.41. The number of carboxylic acids is 2. The molecule has 0 radical (unpaired) electrons. The highest BCUT2D eigenvalue weighted by atomic mass is 32.2. The summed E-state index contributed by atoms with van der Waals surface area (Å²) in [7, 11) is 1.77. The van der Waals surface area contributed by atoms with Gasteiger partial charge in [-0.2, -0.15) is 5.43 Å². The van der Waals surface area contributed by atoms with Crippen LogP contribution in [0, 0.1) is 0 Å². The van der Waals surface area contributed by atoms with Gasteiger partial charge in [0.25, 0.3) is 11.8 Å². The van der Waals surface area contributed by atoms with Gasteiger partial charge in [-0.05, 0) is 5.57 Å². The van der Waals surface area contributed by atoms with E-state index < -0.39 is 47.0 Å². The van der Waals surface area contributed by atoms with Gasteiger partial charge in [0.2, 0.25) is 18.5 Å². The number of oxime groups is 1. The molecule has 14 nitrogen and oxygen atoms in total. The van der Waals surface area contributed by atoms with Gasteiger partial charge in [-0.1, -0.05) is 40.2 Å². The molecular formula is C27H25N7O7S3. The van der Waals surface area contributed by atoms with Gasteiger partial charge in [-0.3, -0.25) is 14.5 Å². The SMILES string of the molecule is CN[n+]1ccc(SCC2=C(C(=O)[O-])N3C(=O)[C@@H](NC(=O)/C(=N\OC(C(=O)O)c4ccccc4)c4csc(N)n4)[C@H]3SC2)cc1. The van der Waals surface area contributed by atoms with Gasteiger partial charge in [-0.15, -0.1) is 34.9 Å². The molecule has 2 aliphatic rings. The van der Waals surface area contributed by atoms with Crippen molar-refractivity contribution in [1.82, 2.24) is 15.2 Å². The number of nitrogen functional groups attached to an aromatic ring is 1. The Labute approximate surface area is 262 Å². The average molecular weight is 656 g/mol. The minimum absolute atomic E-state index is 0.0120. The number of rotatable bonds is 12. The molecule has 2 amide bonds. The number of pyridine rings is 1. The van der Waals surface area contributed by atoms with E-state index in [0.717, 1.165) is 21.1 Å². The number of hydrogen-bond acceptors (Lipinski definition) is 13. The molecule has 44 heavy (non-hydrogen) atoms. The summed E-state index contributed by atoms with van der Waals surface area (Å²) in [6.45, 7) is 0. The van der Waals surface area contributed by atoms with Crippen LogP contribution >= 0.6 is 34.9 Å². The van der Waals surface area contributed by atoms with Crippen LogP contribution in [0.2, 0.25) is 0 Å². The second kappa shape index (κ2) is 13.4. The van der Waals surface area contributed by atoms with Crippen molar-refractivity contribution in [3.8, 4) is 0 Å². The van der Waals surface area contributed by atoms with Crippen molar-refractivity contribution in [2.24, 2.45) is 5.16 Å². The molecule has 0 spiro atoms. The molecule has 2 aromatic heterocycles. The Kier molecular flexibility index (Phi) is 9.36. The van der Waals surface area contributed by atoms with Crippen LogP contribution in [-0.2, 0) is 24.0 Å². The van der Waals surface area contributed by atoms with Crippen LogP contribution in [0.15, 0.2) is 81.6 Å². The van der Waals surface area contributed by atoms with E-state index in [1.807, 2.05) is 24.5 Å². The summed E-state index contributed by atoms with van der Waals surface area (Å²) in [5, 5.41) is 29.1. The lowest BCUT2D eigenvalue weighted by molar-refractivity contribution is -0.647. The van der Waals surface area contributed by atoms with E-state index in [1.54, 1.807) is 29.9 Å². The Morgan fingerprint density at radius 1 is 1.27 bits per heavy atom. The molecule has 0 saturated carbocycles. The summed E-state index contributed by atoms with van der Waals surface area (Å²) in [4.78, 5) is 62.0. The fourth-order valence-electron chi connectivity index (χ4n) is 4.40. The minimum Gasteiger partial charge on any atom is -0.543 e. The van der Waals surface area contributed by atoms with Crippen molar-refractivity contribution in [3.63, 3.8) is 0 Å².